The van der Waals surface area contributed by atoms with E-state index in [1.807, 2.05) is 24.0 Å². The first-order valence-corrected chi connectivity index (χ1v) is 9.08. The van der Waals surface area contributed by atoms with Gasteiger partial charge in [-0.3, -0.25) is 0 Å². The number of hydrogen-bond acceptors (Lipinski definition) is 5. The summed E-state index contributed by atoms with van der Waals surface area (Å²) >= 11 is 5.78. The van der Waals surface area contributed by atoms with Gasteiger partial charge < -0.3 is 4.90 Å². The Balaban J connectivity index is 1.70. The molecular weight excluding hydrogens is 336 g/mol. The van der Waals surface area contributed by atoms with Crippen molar-refractivity contribution in [2.24, 2.45) is 0 Å². The molecule has 0 spiro atoms. The third kappa shape index (κ3) is 3.46. The highest BCUT2D eigenvalue weighted by Gasteiger charge is 2.29. The van der Waals surface area contributed by atoms with Crippen molar-refractivity contribution >= 4 is 27.6 Å². The summed E-state index contributed by atoms with van der Waals surface area (Å²) in [6.45, 7) is 3.84. The van der Waals surface area contributed by atoms with Crippen LogP contribution < -0.4 is 4.90 Å². The molecule has 1 aliphatic rings. The van der Waals surface area contributed by atoms with Gasteiger partial charge in [0.25, 0.3) is 0 Å². The van der Waals surface area contributed by atoms with Crippen molar-refractivity contribution < 1.29 is 8.42 Å². The smallest absolute Gasteiger partial charge is 0.243 e. The lowest BCUT2D eigenvalue weighted by molar-refractivity contribution is 0.382. The lowest BCUT2D eigenvalue weighted by atomic mass is 10.2. The van der Waals surface area contributed by atoms with E-state index in [0.29, 0.717) is 42.0 Å². The molecule has 6 nitrogen and oxygen atoms in total. The molecule has 0 unspecified atom stereocenters. The van der Waals surface area contributed by atoms with Crippen LogP contribution in [0.4, 0.5) is 5.95 Å². The molecule has 1 aliphatic heterocycles. The topological polar surface area (TPSA) is 66.4 Å². The standard InChI is InChI=1S/C15H17ClN4O2S/c1-12-2-4-14(5-3-12)23(21,22)20-8-6-19(7-9-20)15-17-10-13(16)11-18-15/h2-5,10-11H,6-9H2,1H3. The van der Waals surface area contributed by atoms with Crippen LogP contribution in [-0.2, 0) is 10.0 Å². The van der Waals surface area contributed by atoms with E-state index >= 15 is 0 Å². The maximum absolute atomic E-state index is 12.6. The summed E-state index contributed by atoms with van der Waals surface area (Å²) < 4.78 is 26.8. The molecule has 0 N–H and O–H groups in total. The molecule has 0 amide bonds. The Hall–Kier alpha value is -1.70. The van der Waals surface area contributed by atoms with Crippen LogP contribution in [-0.4, -0.2) is 48.9 Å². The van der Waals surface area contributed by atoms with Crippen LogP contribution in [0.15, 0.2) is 41.6 Å². The van der Waals surface area contributed by atoms with Crippen molar-refractivity contribution in [3.05, 3.63) is 47.2 Å². The zero-order valence-electron chi connectivity index (χ0n) is 12.7. The van der Waals surface area contributed by atoms with E-state index in [0.717, 1.165) is 5.56 Å². The number of halogens is 1. The number of anilines is 1. The average Bonchev–Trinajstić information content (AvgIpc) is 2.56. The van der Waals surface area contributed by atoms with Gasteiger partial charge in [-0.25, -0.2) is 18.4 Å². The van der Waals surface area contributed by atoms with Gasteiger partial charge in [-0.2, -0.15) is 4.31 Å². The molecule has 2 aromatic rings. The van der Waals surface area contributed by atoms with Gasteiger partial charge in [-0.1, -0.05) is 29.3 Å². The first kappa shape index (κ1) is 16.2. The second-order valence-corrected chi connectivity index (χ2v) is 7.78. The summed E-state index contributed by atoms with van der Waals surface area (Å²) in [4.78, 5) is 10.6. The van der Waals surface area contributed by atoms with Crippen molar-refractivity contribution in [3.63, 3.8) is 0 Å². The minimum absolute atomic E-state index is 0.333. The number of aromatic nitrogens is 2. The van der Waals surface area contributed by atoms with Crippen LogP contribution in [0, 0.1) is 6.92 Å². The molecule has 0 saturated carbocycles. The number of hydrogen-bond donors (Lipinski definition) is 0. The summed E-state index contributed by atoms with van der Waals surface area (Å²) in [5.74, 6) is 0.571. The highest BCUT2D eigenvalue weighted by molar-refractivity contribution is 7.89. The molecule has 0 bridgehead atoms. The molecule has 8 heteroatoms. The number of sulfonamides is 1. The molecule has 122 valence electrons. The fourth-order valence-electron chi connectivity index (χ4n) is 2.46. The fourth-order valence-corrected chi connectivity index (χ4v) is 3.98. The molecule has 0 aliphatic carbocycles. The van der Waals surface area contributed by atoms with E-state index in [-0.39, 0.29) is 0 Å². The molecule has 1 saturated heterocycles. The number of rotatable bonds is 3. The van der Waals surface area contributed by atoms with Crippen molar-refractivity contribution in [2.45, 2.75) is 11.8 Å². The lowest BCUT2D eigenvalue weighted by Crippen LogP contribution is -2.49. The molecule has 1 aromatic carbocycles. The van der Waals surface area contributed by atoms with Gasteiger partial charge in [0.15, 0.2) is 0 Å². The molecular formula is C15H17ClN4O2S. The van der Waals surface area contributed by atoms with E-state index in [2.05, 4.69) is 9.97 Å². The molecule has 2 heterocycles. The molecule has 1 fully saturated rings. The summed E-state index contributed by atoms with van der Waals surface area (Å²) in [6.07, 6.45) is 3.08. The Kier molecular flexibility index (Phi) is 4.52. The Morgan fingerprint density at radius 3 is 2.13 bits per heavy atom. The van der Waals surface area contributed by atoms with Gasteiger partial charge in [0.05, 0.1) is 22.3 Å². The zero-order valence-corrected chi connectivity index (χ0v) is 14.3. The Bertz CT molecular complexity index is 770. The lowest BCUT2D eigenvalue weighted by Gasteiger charge is -2.33. The molecule has 0 radical (unpaired) electrons. The molecule has 3 rings (SSSR count). The summed E-state index contributed by atoms with van der Waals surface area (Å²) in [7, 11) is -3.45. The highest BCUT2D eigenvalue weighted by atomic mass is 35.5. The van der Waals surface area contributed by atoms with E-state index < -0.39 is 10.0 Å². The average molecular weight is 353 g/mol. The van der Waals surface area contributed by atoms with Crippen molar-refractivity contribution in [2.75, 3.05) is 31.1 Å². The predicted molar refractivity (Wildman–Crippen MR) is 89.2 cm³/mol. The van der Waals surface area contributed by atoms with Gasteiger partial charge in [0.2, 0.25) is 16.0 Å². The summed E-state index contributed by atoms with van der Waals surface area (Å²) in [6, 6.07) is 6.92. The molecule has 1 aromatic heterocycles. The van der Waals surface area contributed by atoms with Crippen molar-refractivity contribution in [1.29, 1.82) is 0 Å². The Morgan fingerprint density at radius 1 is 1.00 bits per heavy atom. The minimum Gasteiger partial charge on any atom is -0.338 e. The largest absolute Gasteiger partial charge is 0.338 e. The second-order valence-electron chi connectivity index (χ2n) is 5.41. The third-order valence-corrected chi connectivity index (χ3v) is 5.89. The van der Waals surface area contributed by atoms with E-state index in [1.165, 1.54) is 4.31 Å². The monoisotopic (exact) mass is 352 g/mol. The van der Waals surface area contributed by atoms with Crippen LogP contribution in [0.2, 0.25) is 5.02 Å². The Labute approximate surface area is 140 Å². The van der Waals surface area contributed by atoms with Crippen LogP contribution in [0.3, 0.4) is 0 Å². The third-order valence-electron chi connectivity index (χ3n) is 3.79. The maximum atomic E-state index is 12.6. The molecule has 0 atom stereocenters. The van der Waals surface area contributed by atoms with E-state index in [1.54, 1.807) is 24.5 Å². The highest BCUT2D eigenvalue weighted by Crippen LogP contribution is 2.20. The van der Waals surface area contributed by atoms with Crippen molar-refractivity contribution in [3.8, 4) is 0 Å². The number of aryl methyl sites for hydroxylation is 1. The Morgan fingerprint density at radius 2 is 1.57 bits per heavy atom. The number of piperazine rings is 1. The van der Waals surface area contributed by atoms with Crippen molar-refractivity contribution in [1.82, 2.24) is 14.3 Å². The number of nitrogens with zero attached hydrogens (tertiary/aromatic N) is 4. The predicted octanol–water partition coefficient (Wildman–Crippen LogP) is 1.95. The second kappa shape index (κ2) is 6.43. The van der Waals surface area contributed by atoms with Crippen LogP contribution in [0.1, 0.15) is 5.56 Å². The summed E-state index contributed by atoms with van der Waals surface area (Å²) in [5.41, 5.74) is 1.04. The zero-order chi connectivity index (χ0) is 16.4. The molecule has 23 heavy (non-hydrogen) atoms. The van der Waals surface area contributed by atoms with Gasteiger partial charge >= 0.3 is 0 Å². The number of benzene rings is 1. The fraction of sp³-hybridized carbons (Fsp3) is 0.333. The van der Waals surface area contributed by atoms with E-state index in [9.17, 15) is 8.42 Å². The SMILES string of the molecule is Cc1ccc(S(=O)(=O)N2CCN(c3ncc(Cl)cn3)CC2)cc1. The quantitative estimate of drug-likeness (QED) is 0.844. The summed E-state index contributed by atoms with van der Waals surface area (Å²) in [5, 5.41) is 0.481. The first-order chi connectivity index (χ1) is 11.0. The van der Waals surface area contributed by atoms with Gasteiger partial charge in [0.1, 0.15) is 0 Å². The maximum Gasteiger partial charge on any atom is 0.243 e. The van der Waals surface area contributed by atoms with Gasteiger partial charge in [-0.15, -0.1) is 0 Å². The minimum atomic E-state index is -3.45. The van der Waals surface area contributed by atoms with Crippen LogP contribution >= 0.6 is 11.6 Å². The van der Waals surface area contributed by atoms with Crippen LogP contribution in [0.25, 0.3) is 0 Å². The van der Waals surface area contributed by atoms with Crippen LogP contribution in [0.5, 0.6) is 0 Å². The van der Waals surface area contributed by atoms with Gasteiger partial charge in [0, 0.05) is 26.2 Å². The first-order valence-electron chi connectivity index (χ1n) is 7.26. The van der Waals surface area contributed by atoms with Gasteiger partial charge in [-0.05, 0) is 19.1 Å². The normalized spacial score (nSPS) is 16.5. The van der Waals surface area contributed by atoms with E-state index in [4.69, 9.17) is 11.6 Å².